The van der Waals surface area contributed by atoms with Gasteiger partial charge in [0, 0.05) is 12.4 Å². The van der Waals surface area contributed by atoms with E-state index in [1.807, 2.05) is 0 Å². The van der Waals surface area contributed by atoms with Crippen molar-refractivity contribution >= 4 is 0 Å². The van der Waals surface area contributed by atoms with E-state index in [1.54, 1.807) is 19.5 Å². The molecule has 4 heteroatoms. The molecule has 94 valence electrons. The zero-order chi connectivity index (χ0) is 12.3. The molecule has 0 spiro atoms. The smallest absolute Gasteiger partial charge is 0.236 e. The van der Waals surface area contributed by atoms with Crippen LogP contribution in [0.25, 0.3) is 0 Å². The van der Waals surface area contributed by atoms with Gasteiger partial charge in [-0.15, -0.1) is 0 Å². The van der Waals surface area contributed by atoms with Gasteiger partial charge in [-0.1, -0.05) is 19.8 Å². The molecule has 0 radical (unpaired) electrons. The number of aromatic nitrogens is 2. The Morgan fingerprint density at radius 2 is 2.18 bits per heavy atom. The monoisotopic (exact) mass is 235 g/mol. The Morgan fingerprint density at radius 1 is 1.41 bits per heavy atom. The molecule has 0 saturated heterocycles. The molecular weight excluding hydrogens is 214 g/mol. The molecule has 4 nitrogen and oxygen atoms in total. The predicted octanol–water partition coefficient (Wildman–Crippen LogP) is 2.31. The van der Waals surface area contributed by atoms with Crippen molar-refractivity contribution in [2.24, 2.45) is 17.6 Å². The van der Waals surface area contributed by atoms with E-state index in [-0.39, 0.29) is 6.04 Å². The second kappa shape index (κ2) is 5.45. The summed E-state index contributed by atoms with van der Waals surface area (Å²) < 4.78 is 5.23. The highest BCUT2D eigenvalue weighted by Gasteiger charge is 2.31. The van der Waals surface area contributed by atoms with E-state index in [1.165, 1.54) is 25.7 Å². The quantitative estimate of drug-likeness (QED) is 0.870. The summed E-state index contributed by atoms with van der Waals surface area (Å²) in [5.41, 5.74) is 7.11. The van der Waals surface area contributed by atoms with Crippen LogP contribution in [0.3, 0.4) is 0 Å². The summed E-state index contributed by atoms with van der Waals surface area (Å²) >= 11 is 0. The molecule has 1 saturated carbocycles. The lowest BCUT2D eigenvalue weighted by Crippen LogP contribution is -2.21. The number of nitrogens with two attached hydrogens (primary N) is 1. The number of hydrogen-bond acceptors (Lipinski definition) is 4. The minimum atomic E-state index is -0.0461. The molecule has 1 aliphatic rings. The zero-order valence-corrected chi connectivity index (χ0v) is 10.6. The number of rotatable bonds is 4. The van der Waals surface area contributed by atoms with Gasteiger partial charge in [-0.3, -0.25) is 4.98 Å². The number of methoxy groups -OCH3 is 1. The molecule has 1 aromatic heterocycles. The van der Waals surface area contributed by atoms with Gasteiger partial charge in [0.05, 0.1) is 13.2 Å². The van der Waals surface area contributed by atoms with Crippen molar-refractivity contribution in [2.75, 3.05) is 7.11 Å². The van der Waals surface area contributed by atoms with Gasteiger partial charge in [-0.25, -0.2) is 4.98 Å². The largest absolute Gasteiger partial charge is 0.480 e. The lowest BCUT2D eigenvalue weighted by atomic mass is 9.94. The Hall–Kier alpha value is -1.16. The van der Waals surface area contributed by atoms with Crippen molar-refractivity contribution in [3.63, 3.8) is 0 Å². The van der Waals surface area contributed by atoms with Gasteiger partial charge >= 0.3 is 0 Å². The maximum absolute atomic E-state index is 6.31. The molecular formula is C13H21N3O. The number of hydrogen-bond donors (Lipinski definition) is 1. The standard InChI is InChI=1S/C13H21N3O/c1-3-9-4-5-10(8-9)11(14)12-13(17-2)16-7-6-15-12/h6-7,9-11H,3-5,8,14H2,1-2H3. The summed E-state index contributed by atoms with van der Waals surface area (Å²) in [6, 6.07) is -0.0461. The van der Waals surface area contributed by atoms with Crippen molar-refractivity contribution in [1.29, 1.82) is 0 Å². The first-order valence-electron chi connectivity index (χ1n) is 6.36. The second-order valence-corrected chi connectivity index (χ2v) is 4.82. The van der Waals surface area contributed by atoms with E-state index in [9.17, 15) is 0 Å². The third-order valence-electron chi connectivity index (χ3n) is 3.87. The van der Waals surface area contributed by atoms with Gasteiger partial charge < -0.3 is 10.5 Å². The lowest BCUT2D eigenvalue weighted by molar-refractivity contribution is 0.359. The van der Waals surface area contributed by atoms with Crippen molar-refractivity contribution in [2.45, 2.75) is 38.6 Å². The fraction of sp³-hybridized carbons (Fsp3) is 0.692. The maximum atomic E-state index is 6.31. The molecule has 1 fully saturated rings. The predicted molar refractivity (Wildman–Crippen MR) is 66.6 cm³/mol. The Morgan fingerprint density at radius 3 is 2.82 bits per heavy atom. The summed E-state index contributed by atoms with van der Waals surface area (Å²) in [6.07, 6.45) is 8.26. The fourth-order valence-corrected chi connectivity index (χ4v) is 2.76. The molecule has 3 atom stereocenters. The summed E-state index contributed by atoms with van der Waals surface area (Å²) in [4.78, 5) is 8.50. The van der Waals surface area contributed by atoms with E-state index in [4.69, 9.17) is 10.5 Å². The molecule has 0 aromatic carbocycles. The molecule has 1 aliphatic carbocycles. The van der Waals surface area contributed by atoms with Gasteiger partial charge in [0.15, 0.2) is 0 Å². The average Bonchev–Trinajstić information content (AvgIpc) is 2.86. The van der Waals surface area contributed by atoms with Crippen molar-refractivity contribution in [3.8, 4) is 5.88 Å². The number of ether oxygens (including phenoxy) is 1. The molecule has 17 heavy (non-hydrogen) atoms. The normalized spacial score (nSPS) is 25.8. The molecule has 0 amide bonds. The van der Waals surface area contributed by atoms with Crippen LogP contribution in [0.15, 0.2) is 12.4 Å². The molecule has 0 aliphatic heterocycles. The second-order valence-electron chi connectivity index (χ2n) is 4.82. The fourth-order valence-electron chi connectivity index (χ4n) is 2.76. The Labute approximate surface area is 103 Å². The molecule has 2 rings (SSSR count). The molecule has 1 aromatic rings. The average molecular weight is 235 g/mol. The van der Waals surface area contributed by atoms with Crippen molar-refractivity contribution in [1.82, 2.24) is 9.97 Å². The van der Waals surface area contributed by atoms with Crippen molar-refractivity contribution < 1.29 is 4.74 Å². The molecule has 1 heterocycles. The van der Waals surface area contributed by atoms with Crippen LogP contribution in [0.1, 0.15) is 44.3 Å². The van der Waals surface area contributed by atoms with Crippen LogP contribution in [0.2, 0.25) is 0 Å². The van der Waals surface area contributed by atoms with Crippen LogP contribution in [-0.4, -0.2) is 17.1 Å². The first kappa shape index (κ1) is 12.3. The van der Waals surface area contributed by atoms with Crippen LogP contribution in [0.4, 0.5) is 0 Å². The van der Waals surface area contributed by atoms with Gasteiger partial charge in [0.2, 0.25) is 5.88 Å². The van der Waals surface area contributed by atoms with Gasteiger partial charge in [0.25, 0.3) is 0 Å². The van der Waals surface area contributed by atoms with Gasteiger partial charge in [0.1, 0.15) is 5.69 Å². The Bertz CT molecular complexity index is 369. The van der Waals surface area contributed by atoms with Crippen LogP contribution in [0.5, 0.6) is 5.88 Å². The molecule has 2 N–H and O–H groups in total. The Balaban J connectivity index is 2.11. The molecule has 3 unspecified atom stereocenters. The van der Waals surface area contributed by atoms with Crippen LogP contribution in [-0.2, 0) is 0 Å². The van der Waals surface area contributed by atoms with E-state index >= 15 is 0 Å². The van der Waals surface area contributed by atoms with Crippen molar-refractivity contribution in [3.05, 3.63) is 18.1 Å². The highest BCUT2D eigenvalue weighted by atomic mass is 16.5. The minimum Gasteiger partial charge on any atom is -0.480 e. The third kappa shape index (κ3) is 2.57. The van der Waals surface area contributed by atoms with E-state index in [2.05, 4.69) is 16.9 Å². The summed E-state index contributed by atoms with van der Waals surface area (Å²) in [5, 5.41) is 0. The topological polar surface area (TPSA) is 61.0 Å². The summed E-state index contributed by atoms with van der Waals surface area (Å²) in [5.74, 6) is 1.92. The van der Waals surface area contributed by atoms with E-state index in [0.717, 1.165) is 11.6 Å². The highest BCUT2D eigenvalue weighted by Crippen LogP contribution is 2.40. The maximum Gasteiger partial charge on any atom is 0.236 e. The lowest BCUT2D eigenvalue weighted by Gasteiger charge is -2.19. The minimum absolute atomic E-state index is 0.0461. The first-order valence-corrected chi connectivity index (χ1v) is 6.36. The zero-order valence-electron chi connectivity index (χ0n) is 10.6. The first-order chi connectivity index (χ1) is 8.26. The number of nitrogens with zero attached hydrogens (tertiary/aromatic N) is 2. The SMILES string of the molecule is CCC1CCC(C(N)c2nccnc2OC)C1. The van der Waals surface area contributed by atoms with Gasteiger partial charge in [-0.05, 0) is 24.7 Å². The Kier molecular flexibility index (Phi) is 3.94. The van der Waals surface area contributed by atoms with E-state index in [0.29, 0.717) is 11.8 Å². The third-order valence-corrected chi connectivity index (χ3v) is 3.87. The van der Waals surface area contributed by atoms with E-state index < -0.39 is 0 Å². The van der Waals surface area contributed by atoms with Crippen LogP contribution < -0.4 is 10.5 Å². The summed E-state index contributed by atoms with van der Waals surface area (Å²) in [6.45, 7) is 2.25. The van der Waals surface area contributed by atoms with Gasteiger partial charge in [-0.2, -0.15) is 0 Å². The van der Waals surface area contributed by atoms with Crippen LogP contribution >= 0.6 is 0 Å². The highest BCUT2D eigenvalue weighted by molar-refractivity contribution is 5.21. The van der Waals surface area contributed by atoms with Crippen LogP contribution in [0, 0.1) is 11.8 Å². The summed E-state index contributed by atoms with van der Waals surface area (Å²) in [7, 11) is 1.61. The molecule has 0 bridgehead atoms.